The molecule has 1 rings (SSSR count). The van der Waals surface area contributed by atoms with Gasteiger partial charge in [-0.25, -0.2) is 0 Å². The summed E-state index contributed by atoms with van der Waals surface area (Å²) in [6.45, 7) is 4.17. The van der Waals surface area contributed by atoms with E-state index < -0.39 is 0 Å². The van der Waals surface area contributed by atoms with Gasteiger partial charge in [-0.15, -0.1) is 12.4 Å². The van der Waals surface area contributed by atoms with Crippen molar-refractivity contribution in [3.8, 4) is 0 Å². The quantitative estimate of drug-likeness (QED) is 0.565. The van der Waals surface area contributed by atoms with Crippen LogP contribution < -0.4 is 5.73 Å². The third-order valence-electron chi connectivity index (χ3n) is 1.74. The van der Waals surface area contributed by atoms with Crippen molar-refractivity contribution in [2.24, 2.45) is 5.73 Å². The molecule has 0 amide bonds. The smallest absolute Gasteiger partial charge is 0.124 e. The Balaban J connectivity index is 0.00000144. The summed E-state index contributed by atoms with van der Waals surface area (Å²) in [4.78, 5) is 4.01. The van der Waals surface area contributed by atoms with Crippen LogP contribution in [0.1, 0.15) is 30.9 Å². The van der Waals surface area contributed by atoms with Crippen LogP contribution in [0.15, 0.2) is 18.5 Å². The lowest BCUT2D eigenvalue weighted by molar-refractivity contribution is 0.857. The molecule has 1 heterocycles. The van der Waals surface area contributed by atoms with Crippen molar-refractivity contribution in [2.75, 3.05) is 0 Å². The number of halogens is 1. The molecule has 4 heteroatoms. The highest BCUT2D eigenvalue weighted by Gasteiger charge is 2.02. The number of nitrogens with one attached hydrogen (secondary N) is 1. The highest BCUT2D eigenvalue weighted by atomic mass is 35.5. The Morgan fingerprint density at radius 1 is 1.46 bits per heavy atom. The molecular weight excluding hydrogens is 186 g/mol. The van der Waals surface area contributed by atoms with Crippen LogP contribution in [-0.4, -0.2) is 10.8 Å². The zero-order valence-corrected chi connectivity index (χ0v) is 8.56. The summed E-state index contributed by atoms with van der Waals surface area (Å²) in [5, 5.41) is 7.21. The fourth-order valence-corrected chi connectivity index (χ4v) is 0.921. The van der Waals surface area contributed by atoms with Crippen molar-refractivity contribution in [1.82, 2.24) is 4.98 Å². The van der Waals surface area contributed by atoms with Crippen LogP contribution in [0.25, 0.3) is 0 Å². The van der Waals surface area contributed by atoms with Gasteiger partial charge in [-0.1, -0.05) is 13.8 Å². The van der Waals surface area contributed by atoms with E-state index in [0.717, 1.165) is 5.56 Å². The summed E-state index contributed by atoms with van der Waals surface area (Å²) in [6, 6.07) is 1.90. The number of nitrogen functional groups attached to an aromatic ring is 1. The molecule has 0 fully saturated rings. The summed E-state index contributed by atoms with van der Waals surface area (Å²) >= 11 is 0. The van der Waals surface area contributed by atoms with Crippen LogP contribution in [0.2, 0.25) is 0 Å². The van der Waals surface area contributed by atoms with Crippen LogP contribution >= 0.6 is 12.4 Å². The minimum Gasteiger partial charge on any atom is -0.384 e. The molecule has 0 saturated heterocycles. The Labute approximate surface area is 84.3 Å². The monoisotopic (exact) mass is 199 g/mol. The predicted octanol–water partition coefficient (Wildman–Crippen LogP) is 1.91. The van der Waals surface area contributed by atoms with Crippen LogP contribution in [0, 0.1) is 5.41 Å². The maximum Gasteiger partial charge on any atom is 0.124 e. The van der Waals surface area contributed by atoms with E-state index in [4.69, 9.17) is 11.1 Å². The molecular formula is C9H14ClN3. The van der Waals surface area contributed by atoms with Gasteiger partial charge in [0.15, 0.2) is 0 Å². The maximum atomic E-state index is 7.21. The molecule has 72 valence electrons. The van der Waals surface area contributed by atoms with Gasteiger partial charge >= 0.3 is 0 Å². The Kier molecular flexibility index (Phi) is 4.42. The lowest BCUT2D eigenvalue weighted by atomic mass is 10.0. The number of rotatable bonds is 2. The minimum atomic E-state index is 0. The Hall–Kier alpha value is -1.09. The molecule has 0 aromatic carbocycles. The molecule has 0 unspecified atom stereocenters. The van der Waals surface area contributed by atoms with E-state index in [1.165, 1.54) is 0 Å². The normalized spacial score (nSPS) is 9.46. The molecule has 3 nitrogen and oxygen atoms in total. The predicted molar refractivity (Wildman–Crippen MR) is 56.6 cm³/mol. The van der Waals surface area contributed by atoms with Crippen LogP contribution in [0.4, 0.5) is 0 Å². The summed E-state index contributed by atoms with van der Waals surface area (Å²) < 4.78 is 0. The Morgan fingerprint density at radius 2 is 2.08 bits per heavy atom. The van der Waals surface area contributed by atoms with E-state index in [-0.39, 0.29) is 18.2 Å². The van der Waals surface area contributed by atoms with E-state index in [9.17, 15) is 0 Å². The van der Waals surface area contributed by atoms with Gasteiger partial charge in [0, 0.05) is 18.0 Å². The van der Waals surface area contributed by atoms with Crippen molar-refractivity contribution < 1.29 is 0 Å². The van der Waals surface area contributed by atoms with Gasteiger partial charge in [0.05, 0.1) is 0 Å². The number of hydrogen-bond donors (Lipinski definition) is 2. The van der Waals surface area contributed by atoms with Gasteiger partial charge in [0.1, 0.15) is 5.84 Å². The van der Waals surface area contributed by atoms with E-state index in [1.807, 2.05) is 6.07 Å². The van der Waals surface area contributed by atoms with E-state index >= 15 is 0 Å². The minimum absolute atomic E-state index is 0. The molecule has 0 bridgehead atoms. The summed E-state index contributed by atoms with van der Waals surface area (Å²) in [5.41, 5.74) is 7.14. The molecule has 0 spiro atoms. The molecule has 1 aromatic rings. The molecule has 1 aromatic heterocycles. The summed E-state index contributed by atoms with van der Waals surface area (Å²) in [7, 11) is 0. The first-order valence-electron chi connectivity index (χ1n) is 3.90. The second kappa shape index (κ2) is 4.82. The Morgan fingerprint density at radius 3 is 2.54 bits per heavy atom. The second-order valence-electron chi connectivity index (χ2n) is 3.08. The summed E-state index contributed by atoms with van der Waals surface area (Å²) in [5.74, 6) is 0.502. The molecule has 0 aliphatic carbocycles. The first kappa shape index (κ1) is 11.9. The molecule has 0 atom stereocenters. The van der Waals surface area contributed by atoms with Gasteiger partial charge in [-0.3, -0.25) is 10.4 Å². The maximum absolute atomic E-state index is 7.21. The average molecular weight is 200 g/mol. The van der Waals surface area contributed by atoms with Gasteiger partial charge < -0.3 is 5.73 Å². The van der Waals surface area contributed by atoms with Crippen LogP contribution in [-0.2, 0) is 0 Å². The molecule has 0 aliphatic rings. The fraction of sp³-hybridized carbons (Fsp3) is 0.333. The number of hydrogen-bond acceptors (Lipinski definition) is 2. The first-order chi connectivity index (χ1) is 5.61. The van der Waals surface area contributed by atoms with Gasteiger partial charge in [-0.2, -0.15) is 0 Å². The van der Waals surface area contributed by atoms with Crippen molar-refractivity contribution in [2.45, 2.75) is 19.8 Å². The van der Waals surface area contributed by atoms with Gasteiger partial charge in [0.2, 0.25) is 0 Å². The lowest BCUT2D eigenvalue weighted by Gasteiger charge is -2.05. The number of pyridine rings is 1. The average Bonchev–Trinajstić information content (AvgIpc) is 2.04. The number of amidine groups is 1. The van der Waals surface area contributed by atoms with E-state index in [2.05, 4.69) is 18.8 Å². The van der Waals surface area contributed by atoms with E-state index in [1.54, 1.807) is 12.4 Å². The zero-order valence-electron chi connectivity index (χ0n) is 7.74. The van der Waals surface area contributed by atoms with Crippen molar-refractivity contribution in [3.63, 3.8) is 0 Å². The van der Waals surface area contributed by atoms with Gasteiger partial charge in [0.25, 0.3) is 0 Å². The van der Waals surface area contributed by atoms with Crippen molar-refractivity contribution in [1.29, 1.82) is 5.41 Å². The first-order valence-corrected chi connectivity index (χ1v) is 3.90. The van der Waals surface area contributed by atoms with Crippen LogP contribution in [0.5, 0.6) is 0 Å². The highest BCUT2D eigenvalue weighted by Crippen LogP contribution is 2.13. The van der Waals surface area contributed by atoms with Crippen molar-refractivity contribution >= 4 is 18.2 Å². The number of aromatic nitrogens is 1. The lowest BCUT2D eigenvalue weighted by Crippen LogP contribution is -2.11. The van der Waals surface area contributed by atoms with Gasteiger partial charge in [-0.05, 0) is 17.5 Å². The Bertz CT molecular complexity index is 297. The topological polar surface area (TPSA) is 62.8 Å². The SMILES string of the molecule is CC(C)c1cncc(C(=N)N)c1.Cl. The van der Waals surface area contributed by atoms with Crippen molar-refractivity contribution in [3.05, 3.63) is 29.6 Å². The molecule has 13 heavy (non-hydrogen) atoms. The molecule has 0 saturated carbocycles. The second-order valence-corrected chi connectivity index (χ2v) is 3.08. The van der Waals surface area contributed by atoms with E-state index in [0.29, 0.717) is 11.5 Å². The fourth-order valence-electron chi connectivity index (χ4n) is 0.921. The zero-order chi connectivity index (χ0) is 9.14. The van der Waals surface area contributed by atoms with Crippen LogP contribution in [0.3, 0.4) is 0 Å². The largest absolute Gasteiger partial charge is 0.384 e. The third kappa shape index (κ3) is 3.03. The molecule has 3 N–H and O–H groups in total. The number of nitrogens with zero attached hydrogens (tertiary/aromatic N) is 1. The third-order valence-corrected chi connectivity index (χ3v) is 1.74. The standard InChI is InChI=1S/C9H13N3.ClH/c1-6(2)7-3-8(9(10)11)5-12-4-7;/h3-6H,1-2H3,(H3,10,11);1H. The molecule has 0 aliphatic heterocycles. The number of nitrogens with two attached hydrogens (primary N) is 1. The highest BCUT2D eigenvalue weighted by molar-refractivity contribution is 5.94. The summed E-state index contributed by atoms with van der Waals surface area (Å²) in [6.07, 6.45) is 3.41. The molecule has 0 radical (unpaired) electrons.